The van der Waals surface area contributed by atoms with Crippen molar-refractivity contribution in [2.75, 3.05) is 58.3 Å². The Kier molecular flexibility index (Phi) is 7.23. The van der Waals surface area contributed by atoms with Crippen LogP contribution in [0.15, 0.2) is 16.7 Å². The molecule has 24 heavy (non-hydrogen) atoms. The molecule has 136 valence electrons. The van der Waals surface area contributed by atoms with E-state index in [2.05, 4.69) is 30.5 Å². The van der Waals surface area contributed by atoms with Crippen LogP contribution in [0.25, 0.3) is 0 Å². The van der Waals surface area contributed by atoms with E-state index in [1.165, 1.54) is 4.31 Å². The van der Waals surface area contributed by atoms with E-state index in [0.717, 1.165) is 13.0 Å². The minimum absolute atomic E-state index is 0.272. The molecule has 0 radical (unpaired) electrons. The number of halogens is 1. The second kappa shape index (κ2) is 8.95. The first kappa shape index (κ1) is 19.4. The highest BCUT2D eigenvalue weighted by atomic mass is 79.9. The van der Waals surface area contributed by atoms with Crippen molar-refractivity contribution in [3.05, 3.63) is 16.7 Å². The van der Waals surface area contributed by atoms with Gasteiger partial charge in [0.15, 0.2) is 0 Å². The highest BCUT2D eigenvalue weighted by Gasteiger charge is 2.25. The average molecular weight is 423 g/mol. The molecule has 2 heterocycles. The zero-order chi connectivity index (χ0) is 17.6. The molecule has 8 nitrogen and oxygen atoms in total. The summed E-state index contributed by atoms with van der Waals surface area (Å²) in [6.45, 7) is 2.78. The van der Waals surface area contributed by atoms with Gasteiger partial charge in [-0.2, -0.15) is 12.7 Å². The summed E-state index contributed by atoms with van der Waals surface area (Å²) in [6.07, 6.45) is 2.40. The van der Waals surface area contributed by atoms with Crippen molar-refractivity contribution >= 4 is 31.8 Å². The summed E-state index contributed by atoms with van der Waals surface area (Å²) in [5, 5.41) is 0. The van der Waals surface area contributed by atoms with Gasteiger partial charge in [-0.05, 0) is 42.5 Å². The first-order valence-electron chi connectivity index (χ1n) is 7.67. The van der Waals surface area contributed by atoms with Crippen LogP contribution in [0.2, 0.25) is 0 Å². The summed E-state index contributed by atoms with van der Waals surface area (Å²) in [5.74, 6) is 0.272. The highest BCUT2D eigenvalue weighted by molar-refractivity contribution is 9.10. The Labute approximate surface area is 151 Å². The molecular weight excluding hydrogens is 400 g/mol. The van der Waals surface area contributed by atoms with Crippen molar-refractivity contribution in [3.63, 3.8) is 0 Å². The number of anilines is 1. The van der Waals surface area contributed by atoms with E-state index in [0.29, 0.717) is 43.1 Å². The van der Waals surface area contributed by atoms with Gasteiger partial charge >= 0.3 is 10.2 Å². The number of nitrogens with one attached hydrogen (secondary N) is 1. The van der Waals surface area contributed by atoms with Crippen LogP contribution < -0.4 is 9.46 Å². The summed E-state index contributed by atoms with van der Waals surface area (Å²) in [5.41, 5.74) is 0.320. The van der Waals surface area contributed by atoms with Gasteiger partial charge in [-0.3, -0.25) is 4.72 Å². The Bertz CT molecular complexity index is 636. The molecule has 1 saturated heterocycles. The molecule has 1 aliphatic rings. The molecule has 1 aromatic heterocycles. The lowest BCUT2D eigenvalue weighted by molar-refractivity contribution is 0.0733. The molecule has 1 aliphatic heterocycles. The van der Waals surface area contributed by atoms with Crippen molar-refractivity contribution in [1.29, 1.82) is 0 Å². The van der Waals surface area contributed by atoms with Gasteiger partial charge in [-0.15, -0.1) is 0 Å². The molecule has 2 rings (SSSR count). The monoisotopic (exact) mass is 422 g/mol. The summed E-state index contributed by atoms with van der Waals surface area (Å²) in [4.78, 5) is 6.23. The Morgan fingerprint density at radius 3 is 2.79 bits per heavy atom. The lowest BCUT2D eigenvalue weighted by Crippen LogP contribution is -2.43. The van der Waals surface area contributed by atoms with Gasteiger partial charge in [0.25, 0.3) is 0 Å². The normalized spacial score (nSPS) is 16.3. The molecule has 0 aliphatic carbocycles. The Morgan fingerprint density at radius 1 is 1.42 bits per heavy atom. The van der Waals surface area contributed by atoms with Gasteiger partial charge < -0.3 is 14.4 Å². The van der Waals surface area contributed by atoms with Gasteiger partial charge in [0.2, 0.25) is 5.88 Å². The second-order valence-electron chi connectivity index (χ2n) is 5.63. The van der Waals surface area contributed by atoms with Gasteiger partial charge in [-0.1, -0.05) is 0 Å². The average Bonchev–Trinajstić information content (AvgIpc) is 2.53. The standard InChI is InChI=1S/C14H23BrN4O4S/c1-18(2)4-3-7-23-14-13(10-12(15)11-16-14)17-24(20,21)19-5-8-22-9-6-19/h10-11,17H,3-9H2,1-2H3. The molecule has 0 bridgehead atoms. The molecule has 0 saturated carbocycles. The molecule has 0 spiro atoms. The zero-order valence-electron chi connectivity index (χ0n) is 13.9. The van der Waals surface area contributed by atoms with E-state index < -0.39 is 10.2 Å². The molecule has 1 aromatic rings. The van der Waals surface area contributed by atoms with Gasteiger partial charge in [0.1, 0.15) is 5.69 Å². The minimum atomic E-state index is -3.67. The smallest absolute Gasteiger partial charge is 0.301 e. The molecule has 0 amide bonds. The van der Waals surface area contributed by atoms with Crippen LogP contribution in [0.1, 0.15) is 6.42 Å². The van der Waals surface area contributed by atoms with Crippen LogP contribution in [0.5, 0.6) is 5.88 Å². The van der Waals surface area contributed by atoms with E-state index in [-0.39, 0.29) is 5.88 Å². The molecule has 10 heteroatoms. The van der Waals surface area contributed by atoms with Crippen molar-refractivity contribution in [2.45, 2.75) is 6.42 Å². The molecule has 1 fully saturated rings. The largest absolute Gasteiger partial charge is 0.476 e. The maximum atomic E-state index is 12.5. The summed E-state index contributed by atoms with van der Waals surface area (Å²) in [6, 6.07) is 1.65. The predicted octanol–water partition coefficient (Wildman–Crippen LogP) is 1.16. The number of pyridine rings is 1. The second-order valence-corrected chi connectivity index (χ2v) is 8.22. The molecule has 1 N–H and O–H groups in total. The van der Waals surface area contributed by atoms with Gasteiger partial charge in [0.05, 0.1) is 19.8 Å². The SMILES string of the molecule is CN(C)CCCOc1ncc(Br)cc1NS(=O)(=O)N1CCOCC1. The quantitative estimate of drug-likeness (QED) is 0.632. The number of hydrogen-bond acceptors (Lipinski definition) is 6. The summed E-state index contributed by atoms with van der Waals surface area (Å²) >= 11 is 3.31. The topological polar surface area (TPSA) is 84.0 Å². The fraction of sp³-hybridized carbons (Fsp3) is 0.643. The zero-order valence-corrected chi connectivity index (χ0v) is 16.3. The van der Waals surface area contributed by atoms with Crippen LogP contribution in [0.3, 0.4) is 0 Å². The van der Waals surface area contributed by atoms with Crippen LogP contribution >= 0.6 is 15.9 Å². The molecule has 0 atom stereocenters. The lowest BCUT2D eigenvalue weighted by atomic mass is 10.4. The highest BCUT2D eigenvalue weighted by Crippen LogP contribution is 2.27. The number of ether oxygens (including phenoxy) is 2. The Morgan fingerprint density at radius 2 is 2.12 bits per heavy atom. The third kappa shape index (κ3) is 5.85. The number of aromatic nitrogens is 1. The number of morpholine rings is 1. The summed E-state index contributed by atoms with van der Waals surface area (Å²) in [7, 11) is 0.306. The molecule has 0 aromatic carbocycles. The van der Waals surface area contributed by atoms with Gasteiger partial charge in [-0.25, -0.2) is 4.98 Å². The van der Waals surface area contributed by atoms with E-state index in [1.54, 1.807) is 12.3 Å². The van der Waals surface area contributed by atoms with Crippen molar-refractivity contribution < 1.29 is 17.9 Å². The third-order valence-electron chi connectivity index (χ3n) is 3.36. The van der Waals surface area contributed by atoms with Crippen molar-refractivity contribution in [1.82, 2.24) is 14.2 Å². The Balaban J connectivity index is 2.06. The van der Waals surface area contributed by atoms with E-state index in [9.17, 15) is 8.42 Å². The van der Waals surface area contributed by atoms with Crippen LogP contribution in [0.4, 0.5) is 5.69 Å². The Hall–Kier alpha value is -0.940. The minimum Gasteiger partial charge on any atom is -0.476 e. The first-order chi connectivity index (χ1) is 11.4. The third-order valence-corrected chi connectivity index (χ3v) is 5.31. The number of hydrogen-bond donors (Lipinski definition) is 1. The van der Waals surface area contributed by atoms with E-state index >= 15 is 0 Å². The van der Waals surface area contributed by atoms with E-state index in [1.807, 2.05) is 14.1 Å². The van der Waals surface area contributed by atoms with E-state index in [4.69, 9.17) is 9.47 Å². The van der Waals surface area contributed by atoms with Crippen LogP contribution in [-0.4, -0.2) is 76.2 Å². The van der Waals surface area contributed by atoms with Crippen molar-refractivity contribution in [2.24, 2.45) is 0 Å². The maximum Gasteiger partial charge on any atom is 0.301 e. The van der Waals surface area contributed by atoms with Gasteiger partial charge in [0, 0.05) is 30.3 Å². The number of rotatable bonds is 8. The molecular formula is C14H23BrN4O4S. The summed E-state index contributed by atoms with van der Waals surface area (Å²) < 4.78 is 40.4. The fourth-order valence-corrected chi connectivity index (χ4v) is 3.67. The van der Waals surface area contributed by atoms with Crippen LogP contribution in [-0.2, 0) is 14.9 Å². The van der Waals surface area contributed by atoms with Crippen molar-refractivity contribution in [3.8, 4) is 5.88 Å². The maximum absolute atomic E-state index is 12.5. The van der Waals surface area contributed by atoms with Crippen LogP contribution in [0, 0.1) is 0 Å². The lowest BCUT2D eigenvalue weighted by Gasteiger charge is -2.26. The fourth-order valence-electron chi connectivity index (χ4n) is 2.15. The first-order valence-corrected chi connectivity index (χ1v) is 9.90. The number of nitrogens with zero attached hydrogens (tertiary/aromatic N) is 3. The molecule has 0 unspecified atom stereocenters. The predicted molar refractivity (Wildman–Crippen MR) is 95.5 cm³/mol.